The predicted molar refractivity (Wildman–Crippen MR) is 138 cm³/mol. The van der Waals surface area contributed by atoms with E-state index in [9.17, 15) is 19.3 Å². The Hall–Kier alpha value is -3.98. The van der Waals surface area contributed by atoms with Crippen LogP contribution >= 0.6 is 0 Å². The van der Waals surface area contributed by atoms with Gasteiger partial charge < -0.3 is 19.1 Å². The van der Waals surface area contributed by atoms with Crippen molar-refractivity contribution in [1.82, 2.24) is 0 Å². The van der Waals surface area contributed by atoms with Gasteiger partial charge in [0.2, 0.25) is 6.29 Å². The average molecular weight is 521 g/mol. The Bertz CT molecular complexity index is 1340. The van der Waals surface area contributed by atoms with Crippen LogP contribution in [-0.2, 0) is 22.7 Å². The van der Waals surface area contributed by atoms with Gasteiger partial charge in [0, 0.05) is 35.8 Å². The molecule has 0 spiro atoms. The Morgan fingerprint density at radius 2 is 1.84 bits per heavy atom. The predicted octanol–water partition coefficient (Wildman–Crippen LogP) is 6.18. The zero-order valence-corrected chi connectivity index (χ0v) is 21.3. The second kappa shape index (κ2) is 10.8. The summed E-state index contributed by atoms with van der Waals surface area (Å²) in [6, 6.07) is 16.3. The molecule has 8 nitrogen and oxygen atoms in total. The Balaban J connectivity index is 1.34. The van der Waals surface area contributed by atoms with Crippen molar-refractivity contribution < 1.29 is 28.3 Å². The summed E-state index contributed by atoms with van der Waals surface area (Å²) in [5, 5.41) is 11.9. The highest BCUT2D eigenvalue weighted by atomic mass is 19.1. The van der Waals surface area contributed by atoms with Crippen LogP contribution in [0, 0.1) is 27.8 Å². The number of hydrogen-bond donors (Lipinski definition) is 0. The summed E-state index contributed by atoms with van der Waals surface area (Å²) in [4.78, 5) is 26.3. The molecule has 1 saturated heterocycles. The van der Waals surface area contributed by atoms with E-state index in [-0.39, 0.29) is 24.5 Å². The molecule has 2 heterocycles. The summed E-state index contributed by atoms with van der Waals surface area (Å²) in [7, 11) is 0. The highest BCUT2D eigenvalue weighted by molar-refractivity contribution is 5.91. The molecule has 2 aliphatic heterocycles. The number of piperidine rings is 1. The standard InChI is InChI=1S/C29H29FN2O6/c1-18-10-19(2)15-31(14-18)25-9-8-21(13-26(25)32(34)35)28(33)36-16-22-11-24(30)12-23-17-37-29(38-27(22)23)20-6-4-3-5-7-20/h3-9,11-13,18-19,29H,10,14-17H2,1-2H3/t18-,19+,29-/m1/s1. The van der Waals surface area contributed by atoms with Gasteiger partial charge >= 0.3 is 5.97 Å². The third-order valence-corrected chi connectivity index (χ3v) is 6.87. The lowest BCUT2D eigenvalue weighted by Gasteiger charge is -2.36. The van der Waals surface area contributed by atoms with Crippen LogP contribution in [-0.4, -0.2) is 24.0 Å². The van der Waals surface area contributed by atoms with Gasteiger partial charge in [0.05, 0.1) is 17.1 Å². The molecule has 1 fully saturated rings. The van der Waals surface area contributed by atoms with E-state index in [1.165, 1.54) is 24.3 Å². The van der Waals surface area contributed by atoms with Gasteiger partial charge in [-0.15, -0.1) is 0 Å². The molecule has 0 aromatic heterocycles. The van der Waals surface area contributed by atoms with Crippen LogP contribution in [0.1, 0.15) is 53.6 Å². The van der Waals surface area contributed by atoms with Crippen LogP contribution < -0.4 is 9.64 Å². The maximum absolute atomic E-state index is 14.3. The van der Waals surface area contributed by atoms with Crippen molar-refractivity contribution in [2.75, 3.05) is 18.0 Å². The Morgan fingerprint density at radius 3 is 2.55 bits per heavy atom. The van der Waals surface area contributed by atoms with Crippen molar-refractivity contribution in [2.45, 2.75) is 39.8 Å². The number of carbonyl (C=O) groups is 1. The number of carbonyl (C=O) groups excluding carboxylic acids is 1. The van der Waals surface area contributed by atoms with Gasteiger partial charge in [-0.3, -0.25) is 10.1 Å². The maximum Gasteiger partial charge on any atom is 0.338 e. The smallest absolute Gasteiger partial charge is 0.338 e. The molecule has 0 saturated carbocycles. The number of hydrogen-bond acceptors (Lipinski definition) is 7. The number of nitro benzene ring substituents is 1. The molecular weight excluding hydrogens is 491 g/mol. The van der Waals surface area contributed by atoms with Gasteiger partial charge in [-0.25, -0.2) is 9.18 Å². The summed E-state index contributed by atoms with van der Waals surface area (Å²) in [5.41, 5.74) is 2.05. The van der Waals surface area contributed by atoms with Crippen LogP contribution in [0.2, 0.25) is 0 Å². The zero-order valence-electron chi connectivity index (χ0n) is 21.3. The van der Waals surface area contributed by atoms with Crippen LogP contribution in [0.3, 0.4) is 0 Å². The molecule has 198 valence electrons. The molecule has 2 aliphatic rings. The lowest BCUT2D eigenvalue weighted by molar-refractivity contribution is -0.384. The summed E-state index contributed by atoms with van der Waals surface area (Å²) >= 11 is 0. The van der Waals surface area contributed by atoms with E-state index >= 15 is 0 Å². The molecule has 38 heavy (non-hydrogen) atoms. The van der Waals surface area contributed by atoms with E-state index in [1.54, 1.807) is 6.07 Å². The summed E-state index contributed by atoms with van der Waals surface area (Å²) in [6.45, 7) is 5.55. The molecule has 0 bridgehead atoms. The fourth-order valence-electron chi connectivity index (χ4n) is 5.31. The fraction of sp³-hybridized carbons (Fsp3) is 0.345. The highest BCUT2D eigenvalue weighted by Crippen LogP contribution is 2.37. The summed E-state index contributed by atoms with van der Waals surface area (Å²) in [6.07, 6.45) is 0.388. The number of fused-ring (bicyclic) bond motifs is 1. The molecule has 0 radical (unpaired) electrons. The van der Waals surface area contributed by atoms with E-state index in [0.29, 0.717) is 47.5 Å². The van der Waals surface area contributed by atoms with E-state index in [0.717, 1.165) is 12.0 Å². The second-order valence-electron chi connectivity index (χ2n) is 10.1. The van der Waals surface area contributed by atoms with Gasteiger partial charge in [0.1, 0.15) is 23.9 Å². The largest absolute Gasteiger partial charge is 0.460 e. The lowest BCUT2D eigenvalue weighted by atomic mass is 9.91. The molecule has 0 amide bonds. The normalized spacial score (nSPS) is 20.8. The maximum atomic E-state index is 14.3. The quantitative estimate of drug-likeness (QED) is 0.218. The van der Waals surface area contributed by atoms with Gasteiger partial charge in [0.25, 0.3) is 5.69 Å². The number of rotatable bonds is 6. The molecule has 3 aromatic rings. The topological polar surface area (TPSA) is 91.1 Å². The first-order valence-corrected chi connectivity index (χ1v) is 12.6. The number of anilines is 1. The molecule has 9 heteroatoms. The number of esters is 1. The number of nitrogens with zero attached hydrogens (tertiary/aromatic N) is 2. The van der Waals surface area contributed by atoms with Gasteiger partial charge in [-0.1, -0.05) is 44.2 Å². The van der Waals surface area contributed by atoms with Crippen molar-refractivity contribution in [3.05, 3.63) is 98.8 Å². The van der Waals surface area contributed by atoms with Crippen molar-refractivity contribution in [3.63, 3.8) is 0 Å². The average Bonchev–Trinajstić information content (AvgIpc) is 2.90. The minimum atomic E-state index is -0.746. The van der Waals surface area contributed by atoms with Crippen LogP contribution in [0.5, 0.6) is 5.75 Å². The molecule has 0 aliphatic carbocycles. The van der Waals surface area contributed by atoms with Crippen molar-refractivity contribution >= 4 is 17.3 Å². The zero-order chi connectivity index (χ0) is 26.8. The van der Waals surface area contributed by atoms with E-state index in [4.69, 9.17) is 14.2 Å². The van der Waals surface area contributed by atoms with E-state index in [1.807, 2.05) is 35.2 Å². The Labute approximate surface area is 220 Å². The third-order valence-electron chi connectivity index (χ3n) is 6.87. The van der Waals surface area contributed by atoms with E-state index in [2.05, 4.69) is 13.8 Å². The Morgan fingerprint density at radius 1 is 1.11 bits per heavy atom. The number of nitro groups is 1. The highest BCUT2D eigenvalue weighted by Gasteiger charge is 2.29. The van der Waals surface area contributed by atoms with Gasteiger partial charge in [-0.2, -0.15) is 0 Å². The van der Waals surface area contributed by atoms with Crippen LogP contribution in [0.4, 0.5) is 15.8 Å². The van der Waals surface area contributed by atoms with Crippen molar-refractivity contribution in [2.24, 2.45) is 11.8 Å². The first-order chi connectivity index (χ1) is 18.3. The number of ether oxygens (including phenoxy) is 3. The molecule has 3 atom stereocenters. The lowest BCUT2D eigenvalue weighted by Crippen LogP contribution is -2.39. The van der Waals surface area contributed by atoms with Crippen molar-refractivity contribution in [3.8, 4) is 5.75 Å². The monoisotopic (exact) mass is 520 g/mol. The van der Waals surface area contributed by atoms with Gasteiger partial charge in [0.15, 0.2) is 0 Å². The van der Waals surface area contributed by atoms with Gasteiger partial charge in [-0.05, 0) is 42.5 Å². The second-order valence-corrected chi connectivity index (χ2v) is 10.1. The third kappa shape index (κ3) is 5.47. The number of halogens is 1. The molecular formula is C29H29FN2O6. The molecule has 3 aromatic carbocycles. The first kappa shape index (κ1) is 25.7. The summed E-state index contributed by atoms with van der Waals surface area (Å²) in [5.74, 6) is -0.0348. The van der Waals surface area contributed by atoms with E-state index < -0.39 is 23.0 Å². The SMILES string of the molecule is C[C@@H]1C[C@H](C)CN(c2ccc(C(=O)OCc3cc(F)cc4c3O[C@H](c3ccccc3)OC4)cc2[N+](=O)[O-])C1. The molecule has 0 N–H and O–H groups in total. The van der Waals surface area contributed by atoms with Crippen molar-refractivity contribution in [1.29, 1.82) is 0 Å². The molecule has 0 unspecified atom stereocenters. The minimum absolute atomic E-state index is 0.0511. The number of benzene rings is 3. The molecule has 5 rings (SSSR count). The summed E-state index contributed by atoms with van der Waals surface area (Å²) < 4.78 is 31.5. The minimum Gasteiger partial charge on any atom is -0.460 e. The fourth-order valence-corrected chi connectivity index (χ4v) is 5.31. The van der Waals surface area contributed by atoms with Crippen LogP contribution in [0.25, 0.3) is 0 Å². The first-order valence-electron chi connectivity index (χ1n) is 12.6. The van der Waals surface area contributed by atoms with Crippen LogP contribution in [0.15, 0.2) is 60.7 Å². The Kier molecular flexibility index (Phi) is 7.28.